The molecule has 0 radical (unpaired) electrons. The zero-order valence-electron chi connectivity index (χ0n) is 24.5. The van der Waals surface area contributed by atoms with Gasteiger partial charge in [0.1, 0.15) is 5.75 Å². The van der Waals surface area contributed by atoms with E-state index in [1.54, 1.807) is 12.1 Å². The van der Waals surface area contributed by atoms with Gasteiger partial charge in [-0.2, -0.15) is 0 Å². The molecule has 7 nitrogen and oxygen atoms in total. The molecule has 0 spiro atoms. The lowest BCUT2D eigenvalue weighted by Crippen LogP contribution is -2.67. The smallest absolute Gasteiger partial charge is 0.273 e. The standard InChI is InChI=1S/C32H43N3O4Si/c1-26(39-40(32(2,3)4,28-14-8-6-9-15-28)29-16-10-7-11-17-29)13-12-24-38-31-25-27(35(36)37)18-19-30(31)34-22-20-33(5)21-23-34/h6-11,14-19,25-26H,12-13,20-24H2,1-5H3/t26-/m0/s1. The van der Waals surface area contributed by atoms with Crippen LogP contribution < -0.4 is 20.0 Å². The number of hydrogen-bond donors (Lipinski definition) is 0. The lowest BCUT2D eigenvalue weighted by molar-refractivity contribution is -0.384. The van der Waals surface area contributed by atoms with Gasteiger partial charge in [-0.25, -0.2) is 0 Å². The Morgan fingerprint density at radius 3 is 2.02 bits per heavy atom. The molecule has 0 aliphatic carbocycles. The normalized spacial score (nSPS) is 15.6. The van der Waals surface area contributed by atoms with Crippen LogP contribution in [0.3, 0.4) is 0 Å². The van der Waals surface area contributed by atoms with Crippen molar-refractivity contribution in [3.63, 3.8) is 0 Å². The number of anilines is 1. The van der Waals surface area contributed by atoms with Crippen molar-refractivity contribution in [2.45, 2.75) is 51.7 Å². The van der Waals surface area contributed by atoms with Gasteiger partial charge in [-0.15, -0.1) is 0 Å². The van der Waals surface area contributed by atoms with E-state index in [0.717, 1.165) is 44.7 Å². The Morgan fingerprint density at radius 1 is 0.925 bits per heavy atom. The van der Waals surface area contributed by atoms with Gasteiger partial charge in [0, 0.05) is 38.3 Å². The second kappa shape index (κ2) is 13.0. The Kier molecular flexibility index (Phi) is 9.66. The summed E-state index contributed by atoms with van der Waals surface area (Å²) in [6.45, 7) is 13.1. The molecule has 214 valence electrons. The monoisotopic (exact) mass is 561 g/mol. The molecule has 0 bridgehead atoms. The predicted octanol–water partition coefficient (Wildman–Crippen LogP) is 5.47. The van der Waals surface area contributed by atoms with Crippen molar-refractivity contribution in [1.29, 1.82) is 0 Å². The number of benzene rings is 3. The predicted molar refractivity (Wildman–Crippen MR) is 166 cm³/mol. The van der Waals surface area contributed by atoms with Crippen LogP contribution in [-0.4, -0.2) is 64.1 Å². The number of nitrogens with zero attached hydrogens (tertiary/aromatic N) is 3. The van der Waals surface area contributed by atoms with Crippen molar-refractivity contribution >= 4 is 30.1 Å². The summed E-state index contributed by atoms with van der Waals surface area (Å²) >= 11 is 0. The molecule has 40 heavy (non-hydrogen) atoms. The van der Waals surface area contributed by atoms with E-state index in [1.807, 2.05) is 6.07 Å². The fourth-order valence-corrected chi connectivity index (χ4v) is 10.4. The molecule has 1 saturated heterocycles. The number of nitro groups is 1. The molecular weight excluding hydrogens is 518 g/mol. The summed E-state index contributed by atoms with van der Waals surface area (Å²) in [5, 5.41) is 13.9. The fourth-order valence-electron chi connectivity index (χ4n) is 5.65. The van der Waals surface area contributed by atoms with Gasteiger partial charge in [-0.3, -0.25) is 10.1 Å². The van der Waals surface area contributed by atoms with Crippen molar-refractivity contribution in [2.75, 3.05) is 44.7 Å². The molecule has 1 atom stereocenters. The van der Waals surface area contributed by atoms with Gasteiger partial charge < -0.3 is 19.0 Å². The SMILES string of the molecule is C[C@@H](CCCOc1cc([N+](=O)[O-])ccc1N1CCN(C)CC1)O[Si](c1ccccc1)(c1ccccc1)C(C)(C)C. The fraction of sp³-hybridized carbons (Fsp3) is 0.438. The molecule has 0 saturated carbocycles. The van der Waals surface area contributed by atoms with E-state index >= 15 is 0 Å². The van der Waals surface area contributed by atoms with Crippen LogP contribution in [-0.2, 0) is 4.43 Å². The first-order valence-corrected chi connectivity index (χ1v) is 16.2. The van der Waals surface area contributed by atoms with Crippen LogP contribution in [0.25, 0.3) is 0 Å². The highest BCUT2D eigenvalue weighted by atomic mass is 28.4. The highest BCUT2D eigenvalue weighted by Crippen LogP contribution is 2.38. The van der Waals surface area contributed by atoms with Crippen molar-refractivity contribution < 1.29 is 14.1 Å². The summed E-state index contributed by atoms with van der Waals surface area (Å²) in [5.41, 5.74) is 0.978. The minimum atomic E-state index is -2.62. The van der Waals surface area contributed by atoms with Gasteiger partial charge in [0.25, 0.3) is 14.0 Å². The van der Waals surface area contributed by atoms with E-state index in [-0.39, 0.29) is 21.8 Å². The number of nitro benzene ring substituents is 1. The van der Waals surface area contributed by atoms with Crippen molar-refractivity contribution in [1.82, 2.24) is 4.90 Å². The Labute approximate surface area is 240 Å². The summed E-state index contributed by atoms with van der Waals surface area (Å²) in [7, 11) is -0.508. The number of likely N-dealkylation sites (N-methyl/N-ethyl adjacent to an activating group) is 1. The van der Waals surface area contributed by atoms with E-state index < -0.39 is 8.32 Å². The molecule has 0 aromatic heterocycles. The van der Waals surface area contributed by atoms with Crippen LogP contribution in [0.15, 0.2) is 78.9 Å². The quantitative estimate of drug-likeness (QED) is 0.134. The number of rotatable bonds is 11. The van der Waals surface area contributed by atoms with Gasteiger partial charge in [0.05, 0.1) is 23.3 Å². The Balaban J connectivity index is 1.48. The molecule has 3 aromatic rings. The van der Waals surface area contributed by atoms with Crippen LogP contribution in [0.4, 0.5) is 11.4 Å². The topological polar surface area (TPSA) is 68.1 Å². The summed E-state index contributed by atoms with van der Waals surface area (Å²) in [4.78, 5) is 15.7. The Hall–Kier alpha value is -3.20. The molecule has 1 fully saturated rings. The van der Waals surface area contributed by atoms with Crippen LogP contribution in [0.1, 0.15) is 40.5 Å². The van der Waals surface area contributed by atoms with Crippen molar-refractivity contribution in [2.24, 2.45) is 0 Å². The summed E-state index contributed by atoms with van der Waals surface area (Å²) in [5.74, 6) is 0.583. The number of hydrogen-bond acceptors (Lipinski definition) is 6. The Morgan fingerprint density at radius 2 is 1.50 bits per heavy atom. The molecule has 0 amide bonds. The number of ether oxygens (including phenoxy) is 1. The Bertz CT molecular complexity index is 1200. The summed E-state index contributed by atoms with van der Waals surface area (Å²) in [6, 6.07) is 26.3. The van der Waals surface area contributed by atoms with Crippen LogP contribution >= 0.6 is 0 Å². The average Bonchev–Trinajstić information content (AvgIpc) is 2.94. The average molecular weight is 562 g/mol. The van der Waals surface area contributed by atoms with Gasteiger partial charge >= 0.3 is 0 Å². The first-order chi connectivity index (χ1) is 19.1. The summed E-state index contributed by atoms with van der Waals surface area (Å²) < 4.78 is 13.4. The molecule has 3 aromatic carbocycles. The minimum Gasteiger partial charge on any atom is -0.491 e. The molecule has 1 heterocycles. The largest absolute Gasteiger partial charge is 0.491 e. The molecule has 0 N–H and O–H groups in total. The van der Waals surface area contributed by atoms with E-state index in [2.05, 4.69) is 105 Å². The lowest BCUT2D eigenvalue weighted by Gasteiger charge is -2.44. The molecular formula is C32H43N3O4Si. The van der Waals surface area contributed by atoms with Crippen LogP contribution in [0.2, 0.25) is 5.04 Å². The molecule has 8 heteroatoms. The van der Waals surface area contributed by atoms with Gasteiger partial charge in [0.2, 0.25) is 0 Å². The van der Waals surface area contributed by atoms with E-state index in [9.17, 15) is 10.1 Å². The highest BCUT2D eigenvalue weighted by Gasteiger charge is 2.50. The third-order valence-electron chi connectivity index (χ3n) is 7.81. The van der Waals surface area contributed by atoms with E-state index in [0.29, 0.717) is 12.4 Å². The lowest BCUT2D eigenvalue weighted by atomic mass is 10.2. The molecule has 1 aliphatic heterocycles. The van der Waals surface area contributed by atoms with E-state index in [1.165, 1.54) is 10.4 Å². The maximum Gasteiger partial charge on any atom is 0.273 e. The van der Waals surface area contributed by atoms with Gasteiger partial charge in [-0.05, 0) is 48.3 Å². The number of non-ortho nitro benzene ring substituents is 1. The number of piperazine rings is 1. The molecule has 4 rings (SSSR count). The van der Waals surface area contributed by atoms with Gasteiger partial charge in [-0.1, -0.05) is 81.4 Å². The third kappa shape index (κ3) is 6.74. The third-order valence-corrected chi connectivity index (χ3v) is 13.0. The highest BCUT2D eigenvalue weighted by molar-refractivity contribution is 6.99. The second-order valence-corrected chi connectivity index (χ2v) is 16.0. The summed E-state index contributed by atoms with van der Waals surface area (Å²) in [6.07, 6.45) is 1.62. The first kappa shape index (κ1) is 29.8. The van der Waals surface area contributed by atoms with Gasteiger partial charge in [0.15, 0.2) is 0 Å². The zero-order chi connectivity index (χ0) is 28.8. The maximum absolute atomic E-state index is 11.5. The maximum atomic E-state index is 11.5. The van der Waals surface area contributed by atoms with E-state index in [4.69, 9.17) is 9.16 Å². The molecule has 1 aliphatic rings. The first-order valence-electron chi connectivity index (χ1n) is 14.3. The zero-order valence-corrected chi connectivity index (χ0v) is 25.5. The molecule has 0 unspecified atom stereocenters. The van der Waals surface area contributed by atoms with Crippen LogP contribution in [0, 0.1) is 10.1 Å². The van der Waals surface area contributed by atoms with Crippen LogP contribution in [0.5, 0.6) is 5.75 Å². The van der Waals surface area contributed by atoms with Crippen molar-refractivity contribution in [3.05, 3.63) is 89.0 Å². The minimum absolute atomic E-state index is 0.0112. The second-order valence-electron chi connectivity index (χ2n) is 11.8. The van der Waals surface area contributed by atoms with Crippen molar-refractivity contribution in [3.8, 4) is 5.75 Å².